The molecule has 0 spiro atoms. The molecule has 126 valence electrons. The van der Waals surface area contributed by atoms with Crippen LogP contribution in [0.15, 0.2) is 29.2 Å². The lowest BCUT2D eigenvalue weighted by atomic mass is 10.2. The van der Waals surface area contributed by atoms with Gasteiger partial charge in [0.1, 0.15) is 12.3 Å². The van der Waals surface area contributed by atoms with Gasteiger partial charge in [-0.15, -0.1) is 0 Å². The number of carboxylic acid groups (broad SMARTS) is 1. The van der Waals surface area contributed by atoms with Crippen LogP contribution in [0.4, 0.5) is 5.88 Å². The minimum atomic E-state index is -0.902. The van der Waals surface area contributed by atoms with Gasteiger partial charge < -0.3 is 14.4 Å². The SMILES string of the molecule is C=CC(=O)N1CCN(c2ccc(CCC(=O)O)o2)C(=O)C1.CC. The van der Waals surface area contributed by atoms with Crippen LogP contribution in [-0.2, 0) is 20.8 Å². The van der Waals surface area contributed by atoms with Gasteiger partial charge in [0.05, 0.1) is 6.42 Å². The van der Waals surface area contributed by atoms with Crippen LogP contribution in [0.25, 0.3) is 0 Å². The number of amides is 2. The molecule has 0 saturated carbocycles. The zero-order chi connectivity index (χ0) is 17.4. The summed E-state index contributed by atoms with van der Waals surface area (Å²) in [5.74, 6) is -0.517. The van der Waals surface area contributed by atoms with Crippen molar-refractivity contribution in [2.75, 3.05) is 24.5 Å². The Hall–Kier alpha value is -2.57. The van der Waals surface area contributed by atoms with E-state index >= 15 is 0 Å². The molecule has 7 nitrogen and oxygen atoms in total. The van der Waals surface area contributed by atoms with E-state index in [9.17, 15) is 14.4 Å². The topological polar surface area (TPSA) is 91.1 Å². The van der Waals surface area contributed by atoms with Crippen molar-refractivity contribution in [2.45, 2.75) is 26.7 Å². The Balaban J connectivity index is 0.00000127. The summed E-state index contributed by atoms with van der Waals surface area (Å²) in [6.07, 6.45) is 1.43. The number of carbonyl (C=O) groups is 3. The molecule has 2 rings (SSSR count). The molecule has 2 amide bonds. The van der Waals surface area contributed by atoms with Crippen molar-refractivity contribution in [3.8, 4) is 0 Å². The Kier molecular flexibility index (Phi) is 7.05. The zero-order valence-electron chi connectivity index (χ0n) is 13.4. The summed E-state index contributed by atoms with van der Waals surface area (Å²) in [6.45, 7) is 8.12. The van der Waals surface area contributed by atoms with E-state index < -0.39 is 5.97 Å². The molecule has 0 bridgehead atoms. The van der Waals surface area contributed by atoms with Gasteiger partial charge in [0.2, 0.25) is 17.7 Å². The lowest BCUT2D eigenvalue weighted by Crippen LogP contribution is -2.52. The number of aliphatic carboxylic acids is 1. The third-order valence-corrected chi connectivity index (χ3v) is 3.21. The number of carbonyl (C=O) groups excluding carboxylic acids is 2. The second-order valence-electron chi connectivity index (χ2n) is 4.64. The lowest BCUT2D eigenvalue weighted by Gasteiger charge is -2.32. The number of aryl methyl sites for hydroxylation is 1. The smallest absolute Gasteiger partial charge is 0.303 e. The largest absolute Gasteiger partial charge is 0.481 e. The fourth-order valence-corrected chi connectivity index (χ4v) is 2.10. The highest BCUT2D eigenvalue weighted by Gasteiger charge is 2.28. The predicted octanol–water partition coefficient (Wildman–Crippen LogP) is 1.68. The van der Waals surface area contributed by atoms with Gasteiger partial charge in [-0.05, 0) is 12.1 Å². The molecule has 0 unspecified atom stereocenters. The van der Waals surface area contributed by atoms with Gasteiger partial charge in [-0.3, -0.25) is 19.3 Å². The van der Waals surface area contributed by atoms with Crippen LogP contribution < -0.4 is 4.90 Å². The number of hydrogen-bond donors (Lipinski definition) is 1. The molecule has 23 heavy (non-hydrogen) atoms. The Morgan fingerprint density at radius 2 is 2.04 bits per heavy atom. The summed E-state index contributed by atoms with van der Waals surface area (Å²) in [7, 11) is 0. The molecule has 1 fully saturated rings. The van der Waals surface area contributed by atoms with Gasteiger partial charge in [0.25, 0.3) is 0 Å². The second kappa shape index (κ2) is 8.77. The molecule has 0 radical (unpaired) electrons. The van der Waals surface area contributed by atoms with E-state index in [-0.39, 0.29) is 31.2 Å². The Morgan fingerprint density at radius 1 is 1.35 bits per heavy atom. The average Bonchev–Trinajstić information content (AvgIpc) is 3.02. The second-order valence-corrected chi connectivity index (χ2v) is 4.64. The number of piperazine rings is 1. The Labute approximate surface area is 135 Å². The normalized spacial score (nSPS) is 14.1. The van der Waals surface area contributed by atoms with Gasteiger partial charge in [0.15, 0.2) is 0 Å². The van der Waals surface area contributed by atoms with E-state index in [2.05, 4.69) is 6.58 Å². The number of anilines is 1. The molecule has 0 aliphatic carbocycles. The van der Waals surface area contributed by atoms with Crippen molar-refractivity contribution in [3.63, 3.8) is 0 Å². The first kappa shape index (κ1) is 18.5. The van der Waals surface area contributed by atoms with Crippen LogP contribution in [0.5, 0.6) is 0 Å². The van der Waals surface area contributed by atoms with Crippen molar-refractivity contribution < 1.29 is 23.9 Å². The van der Waals surface area contributed by atoms with E-state index in [1.54, 1.807) is 12.1 Å². The van der Waals surface area contributed by atoms with E-state index in [4.69, 9.17) is 9.52 Å². The Morgan fingerprint density at radius 3 is 2.61 bits per heavy atom. The van der Waals surface area contributed by atoms with E-state index in [0.717, 1.165) is 0 Å². The zero-order valence-corrected chi connectivity index (χ0v) is 13.4. The van der Waals surface area contributed by atoms with E-state index in [1.165, 1.54) is 15.9 Å². The fraction of sp³-hybridized carbons (Fsp3) is 0.438. The van der Waals surface area contributed by atoms with E-state index in [1.807, 2.05) is 13.8 Å². The molecule has 7 heteroatoms. The molecular formula is C16H22N2O5. The minimum absolute atomic E-state index is 0.0178. The summed E-state index contributed by atoms with van der Waals surface area (Å²) in [5, 5.41) is 8.63. The molecule has 1 saturated heterocycles. The maximum absolute atomic E-state index is 12.0. The van der Waals surface area contributed by atoms with Gasteiger partial charge in [0, 0.05) is 25.6 Å². The van der Waals surface area contributed by atoms with Gasteiger partial charge in [-0.1, -0.05) is 20.4 Å². The maximum atomic E-state index is 12.0. The average molecular weight is 322 g/mol. The van der Waals surface area contributed by atoms with Crippen LogP contribution in [0.1, 0.15) is 26.0 Å². The standard InChI is InChI=1S/C14H16N2O5.C2H6/c1-2-11(17)15-7-8-16(12(18)9-15)13-5-3-10(21-13)4-6-14(19)20;1-2/h2-3,5H,1,4,6-9H2,(H,19,20);1-2H3. The van der Waals surface area contributed by atoms with Crippen LogP contribution in [0, 0.1) is 0 Å². The highest BCUT2D eigenvalue weighted by atomic mass is 16.4. The van der Waals surface area contributed by atoms with Crippen molar-refractivity contribution >= 4 is 23.7 Å². The summed E-state index contributed by atoms with van der Waals surface area (Å²) in [5.41, 5.74) is 0. The molecule has 0 aromatic carbocycles. The van der Waals surface area contributed by atoms with E-state index in [0.29, 0.717) is 24.7 Å². The first-order valence-corrected chi connectivity index (χ1v) is 7.53. The molecule has 1 aliphatic rings. The fourth-order valence-electron chi connectivity index (χ4n) is 2.10. The van der Waals surface area contributed by atoms with Crippen LogP contribution in [0.2, 0.25) is 0 Å². The summed E-state index contributed by atoms with van der Waals surface area (Å²) < 4.78 is 5.48. The van der Waals surface area contributed by atoms with Crippen LogP contribution >= 0.6 is 0 Å². The summed E-state index contributed by atoms with van der Waals surface area (Å²) in [6, 6.07) is 3.30. The van der Waals surface area contributed by atoms with Crippen LogP contribution in [-0.4, -0.2) is 47.4 Å². The third kappa shape index (κ3) is 4.98. The van der Waals surface area contributed by atoms with Gasteiger partial charge >= 0.3 is 5.97 Å². The van der Waals surface area contributed by atoms with Crippen molar-refractivity contribution in [1.29, 1.82) is 0 Å². The molecule has 1 aliphatic heterocycles. The lowest BCUT2D eigenvalue weighted by molar-refractivity contribution is -0.137. The number of rotatable bonds is 5. The molecule has 0 atom stereocenters. The maximum Gasteiger partial charge on any atom is 0.303 e. The third-order valence-electron chi connectivity index (χ3n) is 3.21. The molecular weight excluding hydrogens is 300 g/mol. The van der Waals surface area contributed by atoms with Crippen molar-refractivity contribution in [3.05, 3.63) is 30.5 Å². The monoisotopic (exact) mass is 322 g/mol. The van der Waals surface area contributed by atoms with Gasteiger partial charge in [-0.25, -0.2) is 0 Å². The molecule has 1 aromatic rings. The number of carboxylic acids is 1. The minimum Gasteiger partial charge on any atom is -0.481 e. The summed E-state index contributed by atoms with van der Waals surface area (Å²) in [4.78, 5) is 36.9. The molecule has 2 heterocycles. The Bertz CT molecular complexity index is 579. The van der Waals surface area contributed by atoms with Crippen LogP contribution in [0.3, 0.4) is 0 Å². The number of nitrogens with zero attached hydrogens (tertiary/aromatic N) is 2. The quantitative estimate of drug-likeness (QED) is 0.833. The first-order chi connectivity index (χ1) is 11.0. The first-order valence-electron chi connectivity index (χ1n) is 7.53. The number of hydrogen-bond acceptors (Lipinski definition) is 4. The molecule has 1 aromatic heterocycles. The summed E-state index contributed by atoms with van der Waals surface area (Å²) >= 11 is 0. The van der Waals surface area contributed by atoms with Gasteiger partial charge in [-0.2, -0.15) is 0 Å². The number of furan rings is 1. The van der Waals surface area contributed by atoms with Crippen molar-refractivity contribution in [1.82, 2.24) is 4.90 Å². The highest BCUT2D eigenvalue weighted by Crippen LogP contribution is 2.21. The van der Waals surface area contributed by atoms with Crippen molar-refractivity contribution in [2.24, 2.45) is 0 Å². The molecule has 1 N–H and O–H groups in total. The predicted molar refractivity (Wildman–Crippen MR) is 85.1 cm³/mol. The highest BCUT2D eigenvalue weighted by molar-refractivity contribution is 5.98.